The zero-order valence-corrected chi connectivity index (χ0v) is 9.54. The molecule has 0 unspecified atom stereocenters. The predicted molar refractivity (Wildman–Crippen MR) is 56.5 cm³/mol. The van der Waals surface area contributed by atoms with Gasteiger partial charge in [0.05, 0.1) is 18.1 Å². The molecule has 98 valence electrons. The normalized spacial score (nSPS) is 17.3. The molecular formula is C12H11F3O3. The molecule has 0 atom stereocenters. The third-order valence-corrected chi connectivity index (χ3v) is 3.19. The molecule has 1 aliphatic carbocycles. The van der Waals surface area contributed by atoms with E-state index in [1.54, 1.807) is 0 Å². The van der Waals surface area contributed by atoms with Gasteiger partial charge in [-0.15, -0.1) is 0 Å². The lowest BCUT2D eigenvalue weighted by molar-refractivity contribution is -0.142. The minimum Gasteiger partial charge on any atom is -0.496 e. The summed E-state index contributed by atoms with van der Waals surface area (Å²) in [5.41, 5.74) is -2.63. The number of ether oxygens (including phenoxy) is 1. The van der Waals surface area contributed by atoms with Crippen LogP contribution >= 0.6 is 0 Å². The molecule has 0 amide bonds. The second kappa shape index (κ2) is 3.90. The number of halogens is 3. The minimum atomic E-state index is -4.59. The fourth-order valence-electron chi connectivity index (χ4n) is 2.13. The van der Waals surface area contributed by atoms with E-state index in [-0.39, 0.29) is 24.2 Å². The maximum atomic E-state index is 12.9. The number of carbonyl (C=O) groups is 1. The van der Waals surface area contributed by atoms with Gasteiger partial charge >= 0.3 is 12.1 Å². The fourth-order valence-corrected chi connectivity index (χ4v) is 2.13. The maximum Gasteiger partial charge on any atom is 0.416 e. The third-order valence-electron chi connectivity index (χ3n) is 3.19. The van der Waals surface area contributed by atoms with Crippen molar-refractivity contribution >= 4 is 5.97 Å². The van der Waals surface area contributed by atoms with Crippen LogP contribution in [-0.4, -0.2) is 18.2 Å². The molecule has 0 saturated heterocycles. The first-order chi connectivity index (χ1) is 8.33. The molecule has 1 fully saturated rings. The van der Waals surface area contributed by atoms with Gasteiger partial charge in [0.2, 0.25) is 0 Å². The van der Waals surface area contributed by atoms with Crippen molar-refractivity contribution in [2.24, 2.45) is 0 Å². The lowest BCUT2D eigenvalue weighted by atomic mass is 9.90. The van der Waals surface area contributed by atoms with Crippen LogP contribution in [0.3, 0.4) is 0 Å². The van der Waals surface area contributed by atoms with Crippen molar-refractivity contribution in [3.8, 4) is 5.75 Å². The van der Waals surface area contributed by atoms with Gasteiger partial charge < -0.3 is 9.84 Å². The summed E-state index contributed by atoms with van der Waals surface area (Å²) in [6.45, 7) is 0. The van der Waals surface area contributed by atoms with E-state index in [4.69, 9.17) is 9.84 Å². The lowest BCUT2D eigenvalue weighted by Crippen LogP contribution is -2.25. The Balaban J connectivity index is 2.67. The first-order valence-corrected chi connectivity index (χ1v) is 5.31. The van der Waals surface area contributed by atoms with E-state index in [1.165, 1.54) is 19.2 Å². The molecule has 18 heavy (non-hydrogen) atoms. The minimum absolute atomic E-state index is 0.0234. The summed E-state index contributed by atoms with van der Waals surface area (Å²) < 4.78 is 43.7. The molecule has 0 aromatic heterocycles. The zero-order valence-electron chi connectivity index (χ0n) is 9.54. The second-order valence-electron chi connectivity index (χ2n) is 4.27. The van der Waals surface area contributed by atoms with Gasteiger partial charge in [0.1, 0.15) is 5.75 Å². The molecule has 1 aliphatic rings. The Labute approximate surface area is 101 Å². The van der Waals surface area contributed by atoms with Crippen molar-refractivity contribution in [3.05, 3.63) is 29.3 Å². The van der Waals surface area contributed by atoms with Crippen molar-refractivity contribution in [2.75, 3.05) is 7.11 Å². The Kier molecular flexibility index (Phi) is 2.76. The number of hydrogen-bond acceptors (Lipinski definition) is 2. The molecule has 1 N–H and O–H groups in total. The molecule has 0 bridgehead atoms. The number of alkyl halides is 3. The number of benzene rings is 1. The van der Waals surface area contributed by atoms with E-state index in [9.17, 15) is 18.0 Å². The molecule has 0 aliphatic heterocycles. The average molecular weight is 260 g/mol. The van der Waals surface area contributed by atoms with Crippen LogP contribution < -0.4 is 4.74 Å². The van der Waals surface area contributed by atoms with Gasteiger partial charge in [0.25, 0.3) is 0 Å². The highest BCUT2D eigenvalue weighted by atomic mass is 19.4. The van der Waals surface area contributed by atoms with Gasteiger partial charge in [0, 0.05) is 5.56 Å². The standard InChI is InChI=1S/C12H11F3O3/c1-18-8-4-2-3-7(12(13,14)15)9(8)11(5-6-11)10(16)17/h2-4H,5-6H2,1H3,(H,16,17). The highest BCUT2D eigenvalue weighted by molar-refractivity contribution is 5.86. The first-order valence-electron chi connectivity index (χ1n) is 5.31. The predicted octanol–water partition coefficient (Wildman–Crippen LogP) is 2.83. The molecule has 3 nitrogen and oxygen atoms in total. The summed E-state index contributed by atoms with van der Waals surface area (Å²) in [5.74, 6) is -1.26. The van der Waals surface area contributed by atoms with Crippen LogP contribution in [0.1, 0.15) is 24.0 Å². The summed E-state index contributed by atoms with van der Waals surface area (Å²) in [5, 5.41) is 9.14. The number of carboxylic acid groups (broad SMARTS) is 1. The molecule has 1 aromatic rings. The average Bonchev–Trinajstić information content (AvgIpc) is 3.07. The van der Waals surface area contributed by atoms with Crippen molar-refractivity contribution in [1.82, 2.24) is 0 Å². The van der Waals surface area contributed by atoms with Gasteiger partial charge in [-0.05, 0) is 25.0 Å². The van der Waals surface area contributed by atoms with Gasteiger partial charge in [-0.2, -0.15) is 13.2 Å². The van der Waals surface area contributed by atoms with Crippen molar-refractivity contribution in [2.45, 2.75) is 24.4 Å². The van der Waals surface area contributed by atoms with Crippen molar-refractivity contribution < 1.29 is 27.8 Å². The van der Waals surface area contributed by atoms with E-state index in [0.717, 1.165) is 6.07 Å². The molecular weight excluding hydrogens is 249 g/mol. The Bertz CT molecular complexity index is 490. The summed E-state index contributed by atoms with van der Waals surface area (Å²) in [7, 11) is 1.23. The summed E-state index contributed by atoms with van der Waals surface area (Å²) in [6, 6.07) is 3.46. The van der Waals surface area contributed by atoms with Gasteiger partial charge in [0.15, 0.2) is 0 Å². The molecule has 1 saturated carbocycles. The van der Waals surface area contributed by atoms with E-state index >= 15 is 0 Å². The highest BCUT2D eigenvalue weighted by Crippen LogP contribution is 2.55. The van der Waals surface area contributed by atoms with Gasteiger partial charge in [-0.1, -0.05) is 6.07 Å². The molecule has 0 radical (unpaired) electrons. The Morgan fingerprint density at radius 1 is 1.39 bits per heavy atom. The smallest absolute Gasteiger partial charge is 0.416 e. The highest BCUT2D eigenvalue weighted by Gasteiger charge is 2.56. The number of rotatable bonds is 3. The quantitative estimate of drug-likeness (QED) is 0.909. The fraction of sp³-hybridized carbons (Fsp3) is 0.417. The first kappa shape index (κ1) is 12.7. The SMILES string of the molecule is COc1cccc(C(F)(F)F)c1C1(C(=O)O)CC1. The summed E-state index contributed by atoms with van der Waals surface area (Å²) in [4.78, 5) is 11.2. The summed E-state index contributed by atoms with van der Waals surface area (Å²) >= 11 is 0. The zero-order chi connectivity index (χ0) is 13.6. The third kappa shape index (κ3) is 1.81. The molecule has 6 heteroatoms. The number of aliphatic carboxylic acids is 1. The molecule has 1 aromatic carbocycles. The maximum absolute atomic E-state index is 12.9. The van der Waals surface area contributed by atoms with E-state index in [1.807, 2.05) is 0 Å². The Morgan fingerprint density at radius 2 is 2.00 bits per heavy atom. The monoisotopic (exact) mass is 260 g/mol. The largest absolute Gasteiger partial charge is 0.496 e. The number of carboxylic acids is 1. The van der Waals surface area contributed by atoms with Crippen LogP contribution in [0.4, 0.5) is 13.2 Å². The summed E-state index contributed by atoms with van der Waals surface area (Å²) in [6.07, 6.45) is -4.19. The van der Waals surface area contributed by atoms with Crippen LogP contribution in [0, 0.1) is 0 Å². The van der Waals surface area contributed by atoms with E-state index in [0.29, 0.717) is 0 Å². The molecule has 2 rings (SSSR count). The van der Waals surface area contributed by atoms with Crippen molar-refractivity contribution in [1.29, 1.82) is 0 Å². The van der Waals surface area contributed by atoms with Crippen LogP contribution in [0.15, 0.2) is 18.2 Å². The van der Waals surface area contributed by atoms with E-state index in [2.05, 4.69) is 0 Å². The number of methoxy groups -OCH3 is 1. The van der Waals surface area contributed by atoms with E-state index < -0.39 is 23.1 Å². The topological polar surface area (TPSA) is 46.5 Å². The number of hydrogen-bond donors (Lipinski definition) is 1. The van der Waals surface area contributed by atoms with Gasteiger partial charge in [-0.3, -0.25) is 4.79 Å². The Morgan fingerprint density at radius 3 is 2.39 bits per heavy atom. The van der Waals surface area contributed by atoms with Crippen LogP contribution in [0.2, 0.25) is 0 Å². The Hall–Kier alpha value is -1.72. The van der Waals surface area contributed by atoms with Crippen molar-refractivity contribution in [3.63, 3.8) is 0 Å². The van der Waals surface area contributed by atoms with Crippen LogP contribution in [0.5, 0.6) is 5.75 Å². The molecule has 0 heterocycles. The lowest BCUT2D eigenvalue weighted by Gasteiger charge is -2.20. The van der Waals surface area contributed by atoms with Gasteiger partial charge in [-0.25, -0.2) is 0 Å². The molecule has 0 spiro atoms. The van der Waals surface area contributed by atoms with Crippen LogP contribution in [-0.2, 0) is 16.4 Å². The second-order valence-corrected chi connectivity index (χ2v) is 4.27. The van der Waals surface area contributed by atoms with Crippen LogP contribution in [0.25, 0.3) is 0 Å².